The fraction of sp³-hybridized carbons (Fsp3) is 0.222. The van der Waals surface area contributed by atoms with Crippen molar-refractivity contribution in [1.82, 2.24) is 5.48 Å². The maximum Gasteiger partial charge on any atom is 0.253 e. The zero-order valence-electron chi connectivity index (χ0n) is 13.0. The Morgan fingerprint density at radius 3 is 2.92 bits per heavy atom. The second-order valence-electron chi connectivity index (χ2n) is 5.65. The minimum Gasteiger partial charge on any atom is -0.308 e. The Kier molecular flexibility index (Phi) is 4.97. The molecule has 2 aromatic rings. The molecule has 3 rings (SSSR count). The molecule has 2 aromatic carbocycles. The highest BCUT2D eigenvalue weighted by Gasteiger charge is 2.24. The van der Waals surface area contributed by atoms with Crippen LogP contribution in [0.5, 0.6) is 0 Å². The fourth-order valence-electron chi connectivity index (χ4n) is 2.95. The van der Waals surface area contributed by atoms with Crippen molar-refractivity contribution in [2.45, 2.75) is 19.3 Å². The van der Waals surface area contributed by atoms with E-state index in [1.165, 1.54) is 0 Å². The summed E-state index contributed by atoms with van der Waals surface area (Å²) in [6, 6.07) is 11.9. The molecular weight excluding hydrogens is 372 g/mol. The molecule has 0 aromatic heterocycles. The summed E-state index contributed by atoms with van der Waals surface area (Å²) in [6.07, 6.45) is 3.03. The van der Waals surface area contributed by atoms with E-state index in [1.807, 2.05) is 42.5 Å². The lowest BCUT2D eigenvalue weighted by molar-refractivity contribution is -0.129. The van der Waals surface area contributed by atoms with Gasteiger partial charge in [-0.1, -0.05) is 40.2 Å². The first-order chi connectivity index (χ1) is 11.6. The van der Waals surface area contributed by atoms with Gasteiger partial charge < -0.3 is 4.90 Å². The lowest BCUT2D eigenvalue weighted by atomic mass is 10.0. The van der Waals surface area contributed by atoms with E-state index in [2.05, 4.69) is 15.9 Å². The fourth-order valence-corrected chi connectivity index (χ4v) is 3.32. The van der Waals surface area contributed by atoms with Gasteiger partial charge in [0.2, 0.25) is 5.91 Å². The molecule has 2 N–H and O–H groups in total. The van der Waals surface area contributed by atoms with Crippen LogP contribution in [0.15, 0.2) is 52.5 Å². The van der Waals surface area contributed by atoms with E-state index in [-0.39, 0.29) is 12.3 Å². The molecule has 0 bridgehead atoms. The molecule has 0 spiro atoms. The summed E-state index contributed by atoms with van der Waals surface area (Å²) >= 11 is 3.47. The van der Waals surface area contributed by atoms with E-state index < -0.39 is 5.91 Å². The molecule has 24 heavy (non-hydrogen) atoms. The molecule has 0 aliphatic carbocycles. The number of anilines is 1. The van der Waals surface area contributed by atoms with Gasteiger partial charge in [-0.2, -0.15) is 0 Å². The summed E-state index contributed by atoms with van der Waals surface area (Å²) in [6.45, 7) is 0.615. The van der Waals surface area contributed by atoms with Gasteiger partial charge in [0, 0.05) is 28.4 Å². The average molecular weight is 389 g/mol. The number of benzene rings is 2. The van der Waals surface area contributed by atoms with Gasteiger partial charge in [-0.3, -0.25) is 14.8 Å². The van der Waals surface area contributed by atoms with E-state index >= 15 is 0 Å². The van der Waals surface area contributed by atoms with Crippen LogP contribution in [0.25, 0.3) is 10.8 Å². The van der Waals surface area contributed by atoms with Crippen molar-refractivity contribution >= 4 is 44.2 Å². The molecule has 0 unspecified atom stereocenters. The number of hydroxylamine groups is 1. The van der Waals surface area contributed by atoms with E-state index in [0.717, 1.165) is 27.4 Å². The van der Waals surface area contributed by atoms with Crippen LogP contribution in [0.3, 0.4) is 0 Å². The Morgan fingerprint density at radius 2 is 2.12 bits per heavy atom. The van der Waals surface area contributed by atoms with Gasteiger partial charge in [-0.15, -0.1) is 0 Å². The van der Waals surface area contributed by atoms with Crippen molar-refractivity contribution in [1.29, 1.82) is 0 Å². The molecule has 2 amide bonds. The zero-order chi connectivity index (χ0) is 17.1. The first kappa shape index (κ1) is 16.7. The van der Waals surface area contributed by atoms with Crippen LogP contribution in [-0.2, 0) is 9.59 Å². The number of halogens is 1. The third-order valence-electron chi connectivity index (χ3n) is 4.12. The van der Waals surface area contributed by atoms with E-state index in [9.17, 15) is 9.59 Å². The number of rotatable bonds is 4. The predicted molar refractivity (Wildman–Crippen MR) is 95.9 cm³/mol. The van der Waals surface area contributed by atoms with Crippen LogP contribution < -0.4 is 10.4 Å². The van der Waals surface area contributed by atoms with Gasteiger partial charge in [-0.05, 0) is 36.4 Å². The Balaban J connectivity index is 1.89. The first-order valence-corrected chi connectivity index (χ1v) is 8.51. The molecule has 0 saturated heterocycles. The smallest absolute Gasteiger partial charge is 0.253 e. The Labute approximate surface area is 148 Å². The van der Waals surface area contributed by atoms with Gasteiger partial charge in [0.15, 0.2) is 0 Å². The molecule has 0 fully saturated rings. The maximum atomic E-state index is 12.8. The SMILES string of the molecule is O=C(CCC1=CCCN(c2cccc3cc(Br)ccc23)C1=O)NO. The minimum absolute atomic E-state index is 0.0811. The van der Waals surface area contributed by atoms with Crippen molar-refractivity contribution in [3.05, 3.63) is 52.5 Å². The van der Waals surface area contributed by atoms with E-state index in [4.69, 9.17) is 5.21 Å². The van der Waals surface area contributed by atoms with Crippen LogP contribution >= 0.6 is 15.9 Å². The molecular formula is C18H17BrN2O3. The highest BCUT2D eigenvalue weighted by Crippen LogP contribution is 2.31. The number of nitrogens with one attached hydrogen (secondary N) is 1. The molecule has 1 aliphatic rings. The largest absolute Gasteiger partial charge is 0.308 e. The van der Waals surface area contributed by atoms with Crippen LogP contribution in [-0.4, -0.2) is 23.6 Å². The quantitative estimate of drug-likeness (QED) is 0.621. The monoisotopic (exact) mass is 388 g/mol. The second kappa shape index (κ2) is 7.15. The maximum absolute atomic E-state index is 12.8. The van der Waals surface area contributed by atoms with Crippen molar-refractivity contribution < 1.29 is 14.8 Å². The number of hydrogen-bond acceptors (Lipinski definition) is 3. The predicted octanol–water partition coefficient (Wildman–Crippen LogP) is 3.55. The van der Waals surface area contributed by atoms with Gasteiger partial charge in [0.1, 0.15) is 0 Å². The average Bonchev–Trinajstić information content (AvgIpc) is 2.60. The standard InChI is InChI=1S/C18H17BrN2O3/c19-14-7-8-15-13(11-14)3-1-5-16(15)21-10-2-4-12(18(21)23)6-9-17(22)20-24/h1,3-5,7-8,11,24H,2,6,9-10H2,(H,20,22). The summed E-state index contributed by atoms with van der Waals surface area (Å²) in [4.78, 5) is 25.8. The summed E-state index contributed by atoms with van der Waals surface area (Å²) < 4.78 is 0.993. The number of carbonyl (C=O) groups excluding carboxylic acids is 2. The lowest BCUT2D eigenvalue weighted by Crippen LogP contribution is -2.36. The number of hydrogen-bond donors (Lipinski definition) is 2. The first-order valence-electron chi connectivity index (χ1n) is 7.72. The second-order valence-corrected chi connectivity index (χ2v) is 6.57. The highest BCUT2D eigenvalue weighted by atomic mass is 79.9. The summed E-state index contributed by atoms with van der Waals surface area (Å²) in [7, 11) is 0. The molecule has 0 saturated carbocycles. The molecule has 5 nitrogen and oxygen atoms in total. The van der Waals surface area contributed by atoms with Crippen molar-refractivity contribution in [2.75, 3.05) is 11.4 Å². The topological polar surface area (TPSA) is 69.6 Å². The van der Waals surface area contributed by atoms with Crippen molar-refractivity contribution in [3.8, 4) is 0 Å². The summed E-state index contributed by atoms with van der Waals surface area (Å²) in [5, 5.41) is 10.7. The summed E-state index contributed by atoms with van der Waals surface area (Å²) in [5.41, 5.74) is 3.08. The minimum atomic E-state index is -0.490. The third-order valence-corrected chi connectivity index (χ3v) is 4.61. The molecule has 1 aliphatic heterocycles. The Bertz CT molecular complexity index is 832. The molecule has 6 heteroatoms. The Hall–Kier alpha value is -2.18. The number of fused-ring (bicyclic) bond motifs is 1. The highest BCUT2D eigenvalue weighted by molar-refractivity contribution is 9.10. The molecule has 1 heterocycles. The van der Waals surface area contributed by atoms with Gasteiger partial charge in [-0.25, -0.2) is 5.48 Å². The molecule has 0 radical (unpaired) electrons. The van der Waals surface area contributed by atoms with Crippen LogP contribution in [0.2, 0.25) is 0 Å². The lowest BCUT2D eigenvalue weighted by Gasteiger charge is -2.28. The molecule has 0 atom stereocenters. The van der Waals surface area contributed by atoms with Crippen molar-refractivity contribution in [2.24, 2.45) is 0 Å². The molecule has 124 valence electrons. The number of nitrogens with zero attached hydrogens (tertiary/aromatic N) is 1. The van der Waals surface area contributed by atoms with Gasteiger partial charge in [0.25, 0.3) is 5.91 Å². The van der Waals surface area contributed by atoms with Crippen molar-refractivity contribution in [3.63, 3.8) is 0 Å². The number of carbonyl (C=O) groups is 2. The number of amides is 2. The van der Waals surface area contributed by atoms with Crippen LogP contribution in [0, 0.1) is 0 Å². The van der Waals surface area contributed by atoms with Gasteiger partial charge in [0.05, 0.1) is 5.69 Å². The van der Waals surface area contributed by atoms with Gasteiger partial charge >= 0.3 is 0 Å². The van der Waals surface area contributed by atoms with E-state index in [1.54, 1.807) is 10.4 Å². The normalized spacial score (nSPS) is 14.7. The Morgan fingerprint density at radius 1 is 1.29 bits per heavy atom. The van der Waals surface area contributed by atoms with Crippen LogP contribution in [0.1, 0.15) is 19.3 Å². The third kappa shape index (κ3) is 3.34. The zero-order valence-corrected chi connectivity index (χ0v) is 14.5. The van der Waals surface area contributed by atoms with E-state index in [0.29, 0.717) is 18.5 Å². The summed E-state index contributed by atoms with van der Waals surface area (Å²) in [5.74, 6) is -0.571. The van der Waals surface area contributed by atoms with Crippen LogP contribution in [0.4, 0.5) is 5.69 Å².